The summed E-state index contributed by atoms with van der Waals surface area (Å²) >= 11 is 1.85. The van der Waals surface area contributed by atoms with E-state index < -0.39 is 0 Å². The Balaban J connectivity index is 2.24. The van der Waals surface area contributed by atoms with Gasteiger partial charge in [-0.25, -0.2) is 9.97 Å². The third-order valence-electron chi connectivity index (χ3n) is 3.53. The zero-order valence-electron chi connectivity index (χ0n) is 12.9. The number of nitrogens with zero attached hydrogens (tertiary/aromatic N) is 2. The fourth-order valence-electron chi connectivity index (χ4n) is 2.34. The topological polar surface area (TPSA) is 47.0 Å². The number of nitrogens with one attached hydrogen (secondary N) is 1. The lowest BCUT2D eigenvalue weighted by Crippen LogP contribution is -2.15. The Bertz CT molecular complexity index is 453. The van der Waals surface area contributed by atoms with Crippen molar-refractivity contribution in [2.75, 3.05) is 18.5 Å². The second-order valence-electron chi connectivity index (χ2n) is 5.22. The second-order valence-corrected chi connectivity index (χ2v) is 6.45. The Morgan fingerprint density at radius 2 is 2.15 bits per heavy atom. The minimum atomic E-state index is 0.312. The standard InChI is InChI=1S/C15H25N3OS/c1-5-7-13-17-14(16-6-2)10(3)15(18-13)20-12-8-9-19-11(12)4/h11-12H,5-9H2,1-4H3,(H,16,17,18). The van der Waals surface area contributed by atoms with Crippen molar-refractivity contribution in [1.29, 1.82) is 0 Å². The fourth-order valence-corrected chi connectivity index (χ4v) is 3.54. The van der Waals surface area contributed by atoms with Crippen LogP contribution in [0.5, 0.6) is 0 Å². The minimum Gasteiger partial charge on any atom is -0.377 e. The molecule has 0 spiro atoms. The lowest BCUT2D eigenvalue weighted by molar-refractivity contribution is 0.127. The molecule has 0 amide bonds. The molecule has 1 N–H and O–H groups in total. The van der Waals surface area contributed by atoms with Crippen LogP contribution in [-0.4, -0.2) is 34.5 Å². The maximum absolute atomic E-state index is 5.65. The monoisotopic (exact) mass is 295 g/mol. The predicted molar refractivity (Wildman–Crippen MR) is 84.6 cm³/mol. The van der Waals surface area contributed by atoms with E-state index in [1.807, 2.05) is 11.8 Å². The number of rotatable bonds is 6. The molecule has 20 heavy (non-hydrogen) atoms. The largest absolute Gasteiger partial charge is 0.377 e. The highest BCUT2D eigenvalue weighted by atomic mass is 32.2. The Hall–Kier alpha value is -0.810. The maximum atomic E-state index is 5.65. The van der Waals surface area contributed by atoms with Gasteiger partial charge in [-0.1, -0.05) is 18.7 Å². The van der Waals surface area contributed by atoms with E-state index >= 15 is 0 Å². The van der Waals surface area contributed by atoms with E-state index in [0.717, 1.165) is 54.6 Å². The molecular formula is C15H25N3OS. The summed E-state index contributed by atoms with van der Waals surface area (Å²) in [5.74, 6) is 1.93. The Morgan fingerprint density at radius 1 is 1.35 bits per heavy atom. The molecule has 0 aliphatic carbocycles. The summed E-state index contributed by atoms with van der Waals surface area (Å²) in [5.41, 5.74) is 1.16. The lowest BCUT2D eigenvalue weighted by atomic mass is 10.2. The zero-order chi connectivity index (χ0) is 14.5. The average Bonchev–Trinajstić information content (AvgIpc) is 2.81. The lowest BCUT2D eigenvalue weighted by Gasteiger charge is -2.17. The number of anilines is 1. The van der Waals surface area contributed by atoms with Crippen molar-refractivity contribution in [3.05, 3.63) is 11.4 Å². The molecule has 1 aliphatic heterocycles. The number of aromatic nitrogens is 2. The van der Waals surface area contributed by atoms with E-state index in [1.165, 1.54) is 0 Å². The molecule has 2 atom stereocenters. The molecule has 5 heteroatoms. The average molecular weight is 295 g/mol. The molecule has 112 valence electrons. The maximum Gasteiger partial charge on any atom is 0.133 e. The number of thioether (sulfide) groups is 1. The minimum absolute atomic E-state index is 0.312. The fraction of sp³-hybridized carbons (Fsp3) is 0.733. The first kappa shape index (κ1) is 15.6. The first-order valence-electron chi connectivity index (χ1n) is 7.55. The van der Waals surface area contributed by atoms with Crippen LogP contribution in [-0.2, 0) is 11.2 Å². The van der Waals surface area contributed by atoms with Gasteiger partial charge in [-0.05, 0) is 33.6 Å². The summed E-state index contributed by atoms with van der Waals surface area (Å²) in [7, 11) is 0. The molecule has 2 rings (SSSR count). The Morgan fingerprint density at radius 3 is 2.75 bits per heavy atom. The van der Waals surface area contributed by atoms with Gasteiger partial charge in [-0.2, -0.15) is 0 Å². The SMILES string of the molecule is CCCc1nc(NCC)c(C)c(SC2CCOC2C)n1. The van der Waals surface area contributed by atoms with E-state index in [2.05, 4.69) is 38.0 Å². The number of ether oxygens (including phenoxy) is 1. The molecule has 1 aliphatic rings. The summed E-state index contributed by atoms with van der Waals surface area (Å²) in [5, 5.41) is 4.98. The number of hydrogen-bond acceptors (Lipinski definition) is 5. The summed E-state index contributed by atoms with van der Waals surface area (Å²) in [4.78, 5) is 9.40. The van der Waals surface area contributed by atoms with Crippen LogP contribution in [0.3, 0.4) is 0 Å². The summed E-state index contributed by atoms with van der Waals surface area (Å²) in [6.07, 6.45) is 3.42. The highest BCUT2D eigenvalue weighted by Gasteiger charge is 2.27. The Kier molecular flexibility index (Phi) is 5.66. The molecule has 1 saturated heterocycles. The number of hydrogen-bond donors (Lipinski definition) is 1. The third kappa shape index (κ3) is 3.64. The first-order chi connectivity index (χ1) is 9.65. The van der Waals surface area contributed by atoms with Gasteiger partial charge in [0.1, 0.15) is 16.7 Å². The second kappa shape index (κ2) is 7.27. The molecule has 2 heterocycles. The highest BCUT2D eigenvalue weighted by molar-refractivity contribution is 8.00. The molecule has 1 aromatic rings. The molecule has 0 aromatic carbocycles. The van der Waals surface area contributed by atoms with Gasteiger partial charge in [0, 0.05) is 30.4 Å². The third-order valence-corrected chi connectivity index (χ3v) is 5.08. The smallest absolute Gasteiger partial charge is 0.133 e. The van der Waals surface area contributed by atoms with Gasteiger partial charge in [0.05, 0.1) is 6.10 Å². The summed E-state index contributed by atoms with van der Waals surface area (Å²) in [6.45, 7) is 10.3. The van der Waals surface area contributed by atoms with E-state index in [9.17, 15) is 0 Å². The summed E-state index contributed by atoms with van der Waals surface area (Å²) < 4.78 is 5.65. The van der Waals surface area contributed by atoms with Gasteiger partial charge in [-0.3, -0.25) is 0 Å². The Labute approximate surface area is 126 Å². The van der Waals surface area contributed by atoms with E-state index in [4.69, 9.17) is 9.72 Å². The molecule has 0 saturated carbocycles. The van der Waals surface area contributed by atoms with Crippen LogP contribution in [0.15, 0.2) is 5.03 Å². The van der Waals surface area contributed by atoms with Crippen LogP contribution >= 0.6 is 11.8 Å². The summed E-state index contributed by atoms with van der Waals surface area (Å²) in [6, 6.07) is 0. The van der Waals surface area contributed by atoms with Crippen molar-refractivity contribution in [3.8, 4) is 0 Å². The molecule has 1 fully saturated rings. The van der Waals surface area contributed by atoms with E-state index in [-0.39, 0.29) is 0 Å². The molecule has 2 unspecified atom stereocenters. The molecule has 0 radical (unpaired) electrons. The predicted octanol–water partition coefficient (Wildman–Crippen LogP) is 3.44. The van der Waals surface area contributed by atoms with Gasteiger partial charge in [0.25, 0.3) is 0 Å². The van der Waals surface area contributed by atoms with Gasteiger partial charge >= 0.3 is 0 Å². The van der Waals surface area contributed by atoms with Crippen LogP contribution in [0.1, 0.15) is 45.0 Å². The molecular weight excluding hydrogens is 270 g/mol. The van der Waals surface area contributed by atoms with Crippen molar-refractivity contribution >= 4 is 17.6 Å². The zero-order valence-corrected chi connectivity index (χ0v) is 13.7. The molecule has 4 nitrogen and oxygen atoms in total. The van der Waals surface area contributed by atoms with Crippen LogP contribution in [0, 0.1) is 6.92 Å². The van der Waals surface area contributed by atoms with Gasteiger partial charge in [0.15, 0.2) is 0 Å². The normalized spacial score (nSPS) is 22.2. The van der Waals surface area contributed by atoms with Crippen molar-refractivity contribution in [1.82, 2.24) is 9.97 Å². The molecule has 1 aromatic heterocycles. The van der Waals surface area contributed by atoms with Gasteiger partial charge in [0.2, 0.25) is 0 Å². The van der Waals surface area contributed by atoms with E-state index in [1.54, 1.807) is 0 Å². The van der Waals surface area contributed by atoms with Crippen LogP contribution < -0.4 is 5.32 Å². The van der Waals surface area contributed by atoms with Crippen molar-refractivity contribution in [2.45, 2.75) is 63.3 Å². The van der Waals surface area contributed by atoms with Crippen molar-refractivity contribution in [3.63, 3.8) is 0 Å². The van der Waals surface area contributed by atoms with Crippen LogP contribution in [0.4, 0.5) is 5.82 Å². The van der Waals surface area contributed by atoms with Gasteiger partial charge in [-0.15, -0.1) is 0 Å². The molecule has 0 bridgehead atoms. The van der Waals surface area contributed by atoms with Gasteiger partial charge < -0.3 is 10.1 Å². The van der Waals surface area contributed by atoms with Crippen molar-refractivity contribution < 1.29 is 4.74 Å². The first-order valence-corrected chi connectivity index (χ1v) is 8.43. The van der Waals surface area contributed by atoms with E-state index in [0.29, 0.717) is 11.4 Å². The number of aryl methyl sites for hydroxylation is 1. The van der Waals surface area contributed by atoms with Crippen LogP contribution in [0.2, 0.25) is 0 Å². The van der Waals surface area contributed by atoms with Crippen molar-refractivity contribution in [2.24, 2.45) is 0 Å². The van der Waals surface area contributed by atoms with Crippen LogP contribution in [0.25, 0.3) is 0 Å². The highest BCUT2D eigenvalue weighted by Crippen LogP contribution is 2.34. The quantitative estimate of drug-likeness (QED) is 0.815.